The van der Waals surface area contributed by atoms with Gasteiger partial charge in [-0.3, -0.25) is 0 Å². The molecule has 2 rings (SSSR count). The first-order valence-corrected chi connectivity index (χ1v) is 4.32. The van der Waals surface area contributed by atoms with E-state index in [0.29, 0.717) is 6.61 Å². The van der Waals surface area contributed by atoms with Crippen LogP contribution in [0.15, 0.2) is 18.5 Å². The van der Waals surface area contributed by atoms with Crippen LogP contribution in [0, 0.1) is 5.41 Å². The molecule has 0 atom stereocenters. The van der Waals surface area contributed by atoms with Gasteiger partial charge in [0.1, 0.15) is 0 Å². The molecule has 3 N–H and O–H groups in total. The average Bonchev–Trinajstić information content (AvgIpc) is 2.70. The quantitative estimate of drug-likeness (QED) is 0.629. The van der Waals surface area contributed by atoms with Gasteiger partial charge in [-0.2, -0.15) is 0 Å². The highest BCUT2D eigenvalue weighted by atomic mass is 16.3. The van der Waals surface area contributed by atoms with Gasteiger partial charge in [0.2, 0.25) is 0 Å². The largest absolute Gasteiger partial charge is 0.396 e. The van der Waals surface area contributed by atoms with Crippen LogP contribution in [0.1, 0.15) is 12.8 Å². The molecule has 1 fully saturated rings. The molecular formula is C9H14N2O. The minimum absolute atomic E-state index is 0.192. The van der Waals surface area contributed by atoms with E-state index in [4.69, 9.17) is 5.11 Å². The van der Waals surface area contributed by atoms with E-state index in [0.717, 1.165) is 25.1 Å². The Kier molecular flexibility index (Phi) is 1.81. The summed E-state index contributed by atoms with van der Waals surface area (Å²) < 4.78 is 0. The van der Waals surface area contributed by atoms with Crippen molar-refractivity contribution in [2.45, 2.75) is 12.8 Å². The third kappa shape index (κ3) is 1.46. The molecule has 1 aliphatic rings. The van der Waals surface area contributed by atoms with Crippen LogP contribution in [0.4, 0.5) is 5.69 Å². The van der Waals surface area contributed by atoms with Crippen LogP contribution >= 0.6 is 0 Å². The van der Waals surface area contributed by atoms with E-state index in [9.17, 15) is 0 Å². The molecule has 0 spiro atoms. The summed E-state index contributed by atoms with van der Waals surface area (Å²) in [6, 6.07) is 1.99. The Hall–Kier alpha value is -0.960. The van der Waals surface area contributed by atoms with E-state index in [2.05, 4.69) is 10.3 Å². The van der Waals surface area contributed by atoms with E-state index in [1.54, 1.807) is 0 Å². The van der Waals surface area contributed by atoms with Crippen molar-refractivity contribution in [1.29, 1.82) is 0 Å². The smallest absolute Gasteiger partial charge is 0.0517 e. The molecule has 66 valence electrons. The second-order valence-electron chi connectivity index (χ2n) is 3.61. The van der Waals surface area contributed by atoms with Gasteiger partial charge in [-0.25, -0.2) is 0 Å². The number of aliphatic hydroxyl groups is 1. The topological polar surface area (TPSA) is 48.0 Å². The van der Waals surface area contributed by atoms with E-state index in [1.165, 1.54) is 0 Å². The first kappa shape index (κ1) is 7.68. The van der Waals surface area contributed by atoms with Crippen molar-refractivity contribution in [1.82, 2.24) is 4.98 Å². The Labute approximate surface area is 71.8 Å². The highest BCUT2D eigenvalue weighted by Gasteiger charge is 2.41. The number of rotatable bonds is 4. The van der Waals surface area contributed by atoms with Gasteiger partial charge in [0.25, 0.3) is 0 Å². The summed E-state index contributed by atoms with van der Waals surface area (Å²) in [6.45, 7) is 1.20. The summed E-state index contributed by atoms with van der Waals surface area (Å²) in [5.41, 5.74) is 1.30. The van der Waals surface area contributed by atoms with Gasteiger partial charge < -0.3 is 15.4 Å². The van der Waals surface area contributed by atoms with Crippen LogP contribution < -0.4 is 5.32 Å². The Morgan fingerprint density at radius 2 is 2.42 bits per heavy atom. The minimum atomic E-state index is 0.192. The molecule has 0 radical (unpaired) electrons. The fourth-order valence-corrected chi connectivity index (χ4v) is 1.29. The third-order valence-electron chi connectivity index (χ3n) is 2.56. The third-order valence-corrected chi connectivity index (χ3v) is 2.56. The van der Waals surface area contributed by atoms with Crippen LogP contribution in [-0.2, 0) is 0 Å². The van der Waals surface area contributed by atoms with Crippen LogP contribution in [0.3, 0.4) is 0 Å². The molecule has 0 unspecified atom stereocenters. The van der Waals surface area contributed by atoms with E-state index in [1.807, 2.05) is 18.5 Å². The number of anilines is 1. The van der Waals surface area contributed by atoms with Crippen molar-refractivity contribution in [2.24, 2.45) is 5.41 Å². The highest BCUT2D eigenvalue weighted by molar-refractivity contribution is 5.40. The van der Waals surface area contributed by atoms with Crippen molar-refractivity contribution in [3.8, 4) is 0 Å². The summed E-state index contributed by atoms with van der Waals surface area (Å²) in [4.78, 5) is 2.98. The van der Waals surface area contributed by atoms with E-state index >= 15 is 0 Å². The summed E-state index contributed by atoms with van der Waals surface area (Å²) in [7, 11) is 0. The Morgan fingerprint density at radius 1 is 1.58 bits per heavy atom. The van der Waals surface area contributed by atoms with Gasteiger partial charge in [-0.1, -0.05) is 0 Å². The van der Waals surface area contributed by atoms with Crippen LogP contribution in [0.5, 0.6) is 0 Å². The Balaban J connectivity index is 1.83. The van der Waals surface area contributed by atoms with E-state index in [-0.39, 0.29) is 5.41 Å². The van der Waals surface area contributed by atoms with Gasteiger partial charge >= 0.3 is 0 Å². The summed E-state index contributed by atoms with van der Waals surface area (Å²) in [5.74, 6) is 0. The number of aromatic nitrogens is 1. The van der Waals surface area contributed by atoms with Gasteiger partial charge in [0.15, 0.2) is 0 Å². The predicted octanol–water partition coefficient (Wildman–Crippen LogP) is 1.20. The second kappa shape index (κ2) is 2.83. The zero-order valence-electron chi connectivity index (χ0n) is 7.01. The van der Waals surface area contributed by atoms with Crippen molar-refractivity contribution >= 4 is 5.69 Å². The number of nitrogens with one attached hydrogen (secondary N) is 2. The number of hydrogen-bond donors (Lipinski definition) is 3. The van der Waals surface area contributed by atoms with Crippen molar-refractivity contribution < 1.29 is 5.11 Å². The second-order valence-corrected chi connectivity index (χ2v) is 3.61. The zero-order valence-corrected chi connectivity index (χ0v) is 7.01. The molecule has 0 saturated heterocycles. The van der Waals surface area contributed by atoms with Crippen LogP contribution in [0.2, 0.25) is 0 Å². The molecule has 1 aromatic heterocycles. The fraction of sp³-hybridized carbons (Fsp3) is 0.556. The summed E-state index contributed by atoms with van der Waals surface area (Å²) >= 11 is 0. The summed E-state index contributed by atoms with van der Waals surface area (Å²) in [5, 5.41) is 12.3. The molecule has 0 bridgehead atoms. The monoisotopic (exact) mass is 166 g/mol. The predicted molar refractivity (Wildman–Crippen MR) is 48.0 cm³/mol. The molecule has 1 aliphatic carbocycles. The number of hydrogen-bond acceptors (Lipinski definition) is 2. The summed E-state index contributed by atoms with van der Waals surface area (Å²) in [6.07, 6.45) is 6.12. The molecule has 1 saturated carbocycles. The lowest BCUT2D eigenvalue weighted by molar-refractivity contribution is 0.220. The molecule has 1 aromatic rings. The molecule has 0 amide bonds. The lowest BCUT2D eigenvalue weighted by atomic mass is 10.1. The molecule has 12 heavy (non-hydrogen) atoms. The maximum Gasteiger partial charge on any atom is 0.0517 e. The van der Waals surface area contributed by atoms with Gasteiger partial charge in [0, 0.05) is 24.4 Å². The number of H-pyrrole nitrogens is 1. The lowest BCUT2D eigenvalue weighted by Crippen LogP contribution is -2.18. The van der Waals surface area contributed by atoms with E-state index < -0.39 is 0 Å². The average molecular weight is 166 g/mol. The fourth-order valence-electron chi connectivity index (χ4n) is 1.29. The number of aromatic amines is 1. The molecule has 3 nitrogen and oxygen atoms in total. The van der Waals surface area contributed by atoms with Gasteiger partial charge in [-0.05, 0) is 18.9 Å². The maximum atomic E-state index is 9.04. The molecule has 3 heteroatoms. The minimum Gasteiger partial charge on any atom is -0.396 e. The zero-order chi connectivity index (χ0) is 8.44. The SMILES string of the molecule is OCC1(CNc2cc[nH]c2)CC1. The standard InChI is InChI=1S/C9H14N2O/c12-7-9(2-3-9)6-11-8-1-4-10-5-8/h1,4-5,10-12H,2-3,6-7H2. The Morgan fingerprint density at radius 3 is 2.92 bits per heavy atom. The highest BCUT2D eigenvalue weighted by Crippen LogP contribution is 2.44. The first-order chi connectivity index (χ1) is 5.85. The van der Waals surface area contributed by atoms with Crippen molar-refractivity contribution in [3.05, 3.63) is 18.5 Å². The lowest BCUT2D eigenvalue weighted by Gasteiger charge is -2.12. The van der Waals surface area contributed by atoms with Gasteiger partial charge in [-0.15, -0.1) is 0 Å². The van der Waals surface area contributed by atoms with Gasteiger partial charge in [0.05, 0.1) is 12.3 Å². The van der Waals surface area contributed by atoms with Crippen molar-refractivity contribution in [3.63, 3.8) is 0 Å². The molecule has 1 heterocycles. The van der Waals surface area contributed by atoms with Crippen molar-refractivity contribution in [2.75, 3.05) is 18.5 Å². The maximum absolute atomic E-state index is 9.04. The van der Waals surface area contributed by atoms with Crippen LogP contribution in [0.25, 0.3) is 0 Å². The molecule has 0 aliphatic heterocycles. The molecular weight excluding hydrogens is 152 g/mol. The van der Waals surface area contributed by atoms with Crippen LogP contribution in [-0.4, -0.2) is 23.2 Å². The Bertz CT molecular complexity index is 239. The first-order valence-electron chi connectivity index (χ1n) is 4.32. The normalized spacial score (nSPS) is 19.1. The molecule has 0 aromatic carbocycles. The number of aliphatic hydroxyl groups excluding tert-OH is 1.